The molecular weight excluding hydrogens is 258 g/mol. The molecule has 0 aromatic heterocycles. The van der Waals surface area contributed by atoms with Gasteiger partial charge in [0.25, 0.3) is 0 Å². The summed E-state index contributed by atoms with van der Waals surface area (Å²) in [5.41, 5.74) is 2.65. The maximum atomic E-state index is 9.04. The molecule has 0 atom stereocenters. The van der Waals surface area contributed by atoms with Gasteiger partial charge in [0.1, 0.15) is 0 Å². The molecule has 96 valence electrons. The lowest BCUT2D eigenvalue weighted by atomic mass is 10.2. The molecule has 0 heterocycles. The number of hydrogen-bond acceptors (Lipinski definition) is 2. The van der Waals surface area contributed by atoms with Crippen LogP contribution in [0.4, 0.5) is 5.69 Å². The van der Waals surface area contributed by atoms with E-state index in [9.17, 15) is 0 Å². The zero-order valence-electron chi connectivity index (χ0n) is 10.4. The molecule has 0 fully saturated rings. The van der Waals surface area contributed by atoms with Crippen molar-refractivity contribution in [1.29, 1.82) is 0 Å². The maximum Gasteiger partial charge on any atom is 0.0769 e. The highest BCUT2D eigenvalue weighted by atomic mass is 35.5. The Labute approximate surface area is 118 Å². The number of hydrogen-bond donors (Lipinski definition) is 2. The van der Waals surface area contributed by atoms with Crippen LogP contribution in [0, 0.1) is 11.8 Å². The van der Waals surface area contributed by atoms with E-state index in [-0.39, 0.29) is 6.61 Å². The van der Waals surface area contributed by atoms with Gasteiger partial charge in [-0.25, -0.2) is 0 Å². The van der Waals surface area contributed by atoms with E-state index in [1.165, 1.54) is 0 Å². The molecule has 0 aliphatic heterocycles. The molecule has 0 aliphatic rings. The van der Waals surface area contributed by atoms with Crippen molar-refractivity contribution in [1.82, 2.24) is 0 Å². The van der Waals surface area contributed by atoms with Crippen LogP contribution in [0.5, 0.6) is 0 Å². The van der Waals surface area contributed by atoms with Gasteiger partial charge in [-0.15, -0.1) is 0 Å². The van der Waals surface area contributed by atoms with Crippen LogP contribution in [0.15, 0.2) is 48.5 Å². The Kier molecular flexibility index (Phi) is 4.85. The van der Waals surface area contributed by atoms with Gasteiger partial charge in [0, 0.05) is 11.3 Å². The molecule has 0 amide bonds. The first-order valence-electron chi connectivity index (χ1n) is 5.96. The second kappa shape index (κ2) is 6.84. The molecule has 2 aromatic carbocycles. The zero-order valence-corrected chi connectivity index (χ0v) is 11.1. The van der Waals surface area contributed by atoms with Gasteiger partial charge >= 0.3 is 0 Å². The number of nitrogens with one attached hydrogen (secondary N) is 1. The maximum absolute atomic E-state index is 9.04. The zero-order chi connectivity index (χ0) is 13.5. The number of halogens is 1. The first-order valence-corrected chi connectivity index (χ1v) is 6.34. The predicted octanol–water partition coefficient (Wildman–Crippen LogP) is 3.30. The van der Waals surface area contributed by atoms with E-state index in [0.717, 1.165) is 16.8 Å². The highest BCUT2D eigenvalue weighted by Gasteiger charge is 1.94. The Morgan fingerprint density at radius 2 is 1.95 bits per heavy atom. The second-order valence-corrected chi connectivity index (χ2v) is 4.40. The lowest BCUT2D eigenvalue weighted by molar-refractivity contribution is 0.282. The van der Waals surface area contributed by atoms with E-state index in [1.54, 1.807) is 0 Å². The number of aliphatic hydroxyl groups is 1. The third-order valence-corrected chi connectivity index (χ3v) is 2.92. The van der Waals surface area contributed by atoms with Crippen LogP contribution in [0.25, 0.3) is 0 Å². The summed E-state index contributed by atoms with van der Waals surface area (Å²) in [5.74, 6) is 6.04. The average Bonchev–Trinajstić information content (AvgIpc) is 2.45. The minimum atomic E-state index is 0.0425. The Balaban J connectivity index is 1.95. The van der Waals surface area contributed by atoms with Crippen LogP contribution in [-0.2, 0) is 6.61 Å². The Hall–Kier alpha value is -1.95. The molecule has 0 unspecified atom stereocenters. The van der Waals surface area contributed by atoms with Crippen LogP contribution >= 0.6 is 11.6 Å². The molecule has 3 heteroatoms. The molecule has 2 N–H and O–H groups in total. The molecule has 0 radical (unpaired) electrons. The molecule has 2 nitrogen and oxygen atoms in total. The summed E-state index contributed by atoms with van der Waals surface area (Å²) >= 11 is 6.01. The SMILES string of the molecule is OCc1cccc(NCC#Cc2ccccc2Cl)c1. The average molecular weight is 272 g/mol. The van der Waals surface area contributed by atoms with Crippen LogP contribution in [0.2, 0.25) is 5.02 Å². The molecule has 2 rings (SSSR count). The van der Waals surface area contributed by atoms with E-state index < -0.39 is 0 Å². The highest BCUT2D eigenvalue weighted by molar-refractivity contribution is 6.31. The fourth-order valence-corrected chi connectivity index (χ4v) is 1.81. The summed E-state index contributed by atoms with van der Waals surface area (Å²) in [6.45, 7) is 0.570. The van der Waals surface area contributed by atoms with Crippen molar-refractivity contribution in [2.75, 3.05) is 11.9 Å². The normalized spacial score (nSPS) is 9.58. The van der Waals surface area contributed by atoms with Crippen molar-refractivity contribution in [2.24, 2.45) is 0 Å². The fraction of sp³-hybridized carbons (Fsp3) is 0.125. The first-order chi connectivity index (χ1) is 9.29. The molecule has 2 aromatic rings. The number of benzene rings is 2. The van der Waals surface area contributed by atoms with Gasteiger partial charge in [-0.1, -0.05) is 47.7 Å². The Morgan fingerprint density at radius 1 is 1.11 bits per heavy atom. The lowest BCUT2D eigenvalue weighted by Gasteiger charge is -2.03. The Morgan fingerprint density at radius 3 is 2.74 bits per heavy atom. The van der Waals surface area contributed by atoms with Crippen LogP contribution in [0.1, 0.15) is 11.1 Å². The van der Waals surface area contributed by atoms with Gasteiger partial charge in [-0.05, 0) is 29.8 Å². The minimum absolute atomic E-state index is 0.0425. The van der Waals surface area contributed by atoms with Gasteiger partial charge in [0.05, 0.1) is 18.2 Å². The third kappa shape index (κ3) is 4.03. The van der Waals surface area contributed by atoms with Gasteiger partial charge in [-0.2, -0.15) is 0 Å². The van der Waals surface area contributed by atoms with Crippen LogP contribution < -0.4 is 5.32 Å². The quantitative estimate of drug-likeness (QED) is 0.840. The van der Waals surface area contributed by atoms with Crippen molar-refractivity contribution >= 4 is 17.3 Å². The summed E-state index contributed by atoms with van der Waals surface area (Å²) in [6.07, 6.45) is 0. The molecule has 0 bridgehead atoms. The van der Waals surface area contributed by atoms with E-state index in [1.807, 2.05) is 48.5 Å². The molecule has 0 saturated heterocycles. The largest absolute Gasteiger partial charge is 0.392 e. The topological polar surface area (TPSA) is 32.3 Å². The fourth-order valence-electron chi connectivity index (χ4n) is 1.63. The molecule has 0 spiro atoms. The summed E-state index contributed by atoms with van der Waals surface area (Å²) in [6, 6.07) is 15.1. The number of anilines is 1. The van der Waals surface area contributed by atoms with E-state index >= 15 is 0 Å². The van der Waals surface area contributed by atoms with Crippen molar-refractivity contribution in [3.8, 4) is 11.8 Å². The van der Waals surface area contributed by atoms with Gasteiger partial charge in [-0.3, -0.25) is 0 Å². The van der Waals surface area contributed by atoms with Crippen LogP contribution in [0.3, 0.4) is 0 Å². The predicted molar refractivity (Wildman–Crippen MR) is 79.2 cm³/mol. The van der Waals surface area contributed by atoms with E-state index in [0.29, 0.717) is 11.6 Å². The molecule has 0 aliphatic carbocycles. The lowest BCUT2D eigenvalue weighted by Crippen LogP contribution is -1.99. The molecular formula is C16H14ClNO. The van der Waals surface area contributed by atoms with Crippen molar-refractivity contribution in [3.63, 3.8) is 0 Å². The standard InChI is InChI=1S/C16H14ClNO/c17-16-9-2-1-6-14(16)7-4-10-18-15-8-3-5-13(11-15)12-19/h1-3,5-6,8-9,11,18-19H,10,12H2. The second-order valence-electron chi connectivity index (χ2n) is 3.99. The first kappa shape index (κ1) is 13.5. The summed E-state index contributed by atoms with van der Waals surface area (Å²) in [7, 11) is 0. The molecule has 19 heavy (non-hydrogen) atoms. The number of aliphatic hydroxyl groups excluding tert-OH is 1. The van der Waals surface area contributed by atoms with Gasteiger partial charge < -0.3 is 10.4 Å². The minimum Gasteiger partial charge on any atom is -0.392 e. The van der Waals surface area contributed by atoms with Crippen molar-refractivity contribution < 1.29 is 5.11 Å². The van der Waals surface area contributed by atoms with Gasteiger partial charge in [0.2, 0.25) is 0 Å². The number of rotatable bonds is 3. The van der Waals surface area contributed by atoms with Gasteiger partial charge in [0.15, 0.2) is 0 Å². The van der Waals surface area contributed by atoms with Crippen LogP contribution in [-0.4, -0.2) is 11.7 Å². The highest BCUT2D eigenvalue weighted by Crippen LogP contribution is 2.13. The third-order valence-electron chi connectivity index (χ3n) is 2.59. The monoisotopic (exact) mass is 271 g/mol. The van der Waals surface area contributed by atoms with E-state index in [4.69, 9.17) is 16.7 Å². The van der Waals surface area contributed by atoms with E-state index in [2.05, 4.69) is 17.2 Å². The summed E-state index contributed by atoms with van der Waals surface area (Å²) in [4.78, 5) is 0. The smallest absolute Gasteiger partial charge is 0.0769 e. The van der Waals surface area contributed by atoms with Crippen molar-refractivity contribution in [2.45, 2.75) is 6.61 Å². The molecule has 0 saturated carbocycles. The van der Waals surface area contributed by atoms with Crippen molar-refractivity contribution in [3.05, 3.63) is 64.7 Å². The summed E-state index contributed by atoms with van der Waals surface area (Å²) < 4.78 is 0. The Bertz CT molecular complexity index is 613. The summed E-state index contributed by atoms with van der Waals surface area (Å²) in [5, 5.41) is 12.9.